The van der Waals surface area contributed by atoms with E-state index < -0.39 is 0 Å². The van der Waals surface area contributed by atoms with E-state index in [1.807, 2.05) is 29.2 Å². The van der Waals surface area contributed by atoms with Crippen LogP contribution in [0.5, 0.6) is 5.75 Å². The fourth-order valence-electron chi connectivity index (χ4n) is 3.74. The van der Waals surface area contributed by atoms with Gasteiger partial charge in [-0.05, 0) is 43.0 Å². The van der Waals surface area contributed by atoms with Crippen LogP contribution in [0.25, 0.3) is 0 Å². The van der Waals surface area contributed by atoms with Crippen LogP contribution in [-0.4, -0.2) is 43.5 Å². The predicted octanol–water partition coefficient (Wildman–Crippen LogP) is 2.70. The molecule has 0 N–H and O–H groups in total. The van der Waals surface area contributed by atoms with Gasteiger partial charge in [-0.3, -0.25) is 9.59 Å². The molecule has 2 aliphatic rings. The molecule has 0 unspecified atom stereocenters. The second kappa shape index (κ2) is 7.24. The number of likely N-dealkylation sites (tertiary alicyclic amines) is 1. The number of ether oxygens (including phenoxy) is 1. The van der Waals surface area contributed by atoms with Crippen molar-refractivity contribution >= 4 is 17.5 Å². The molecular weight excluding hydrogens is 304 g/mol. The second-order valence-electron chi connectivity index (χ2n) is 6.80. The molecule has 2 fully saturated rings. The monoisotopic (exact) mass is 330 g/mol. The molecule has 1 aromatic carbocycles. The highest BCUT2D eigenvalue weighted by atomic mass is 16.5. The molecule has 5 nitrogen and oxygen atoms in total. The summed E-state index contributed by atoms with van der Waals surface area (Å²) in [7, 11) is 1.62. The highest BCUT2D eigenvalue weighted by molar-refractivity contribution is 6.00. The topological polar surface area (TPSA) is 49.9 Å². The predicted molar refractivity (Wildman–Crippen MR) is 93.0 cm³/mol. The van der Waals surface area contributed by atoms with E-state index in [9.17, 15) is 9.59 Å². The Balaban J connectivity index is 1.66. The molecule has 2 saturated heterocycles. The Kier molecular flexibility index (Phi) is 5.07. The van der Waals surface area contributed by atoms with Crippen LogP contribution in [0, 0.1) is 11.8 Å². The first-order valence-electron chi connectivity index (χ1n) is 8.85. The maximum absolute atomic E-state index is 12.8. The van der Waals surface area contributed by atoms with Gasteiger partial charge >= 0.3 is 0 Å². The molecule has 0 saturated carbocycles. The summed E-state index contributed by atoms with van der Waals surface area (Å²) in [6.45, 7) is 4.35. The third-order valence-electron chi connectivity index (χ3n) is 5.27. The highest BCUT2D eigenvalue weighted by Crippen LogP contribution is 2.29. The standard InChI is InChI=1S/C19H26N2O3/c1-3-14-5-4-10-20(12-14)19(23)15-11-18(22)21(13-15)16-6-8-17(24-2)9-7-16/h6-9,14-15H,3-5,10-13H2,1-2H3/t14-,15-/m0/s1. The fraction of sp³-hybridized carbons (Fsp3) is 0.579. The maximum Gasteiger partial charge on any atom is 0.228 e. The molecule has 2 aliphatic heterocycles. The van der Waals surface area contributed by atoms with E-state index in [0.29, 0.717) is 18.9 Å². The van der Waals surface area contributed by atoms with E-state index in [1.54, 1.807) is 12.0 Å². The van der Waals surface area contributed by atoms with Crippen LogP contribution in [-0.2, 0) is 9.59 Å². The van der Waals surface area contributed by atoms with Gasteiger partial charge in [0.25, 0.3) is 0 Å². The van der Waals surface area contributed by atoms with Gasteiger partial charge in [-0.25, -0.2) is 0 Å². The average Bonchev–Trinajstić information content (AvgIpc) is 3.03. The smallest absolute Gasteiger partial charge is 0.228 e. The zero-order chi connectivity index (χ0) is 17.1. The van der Waals surface area contributed by atoms with Crippen molar-refractivity contribution in [2.45, 2.75) is 32.6 Å². The van der Waals surface area contributed by atoms with Crippen molar-refractivity contribution in [3.05, 3.63) is 24.3 Å². The zero-order valence-electron chi connectivity index (χ0n) is 14.5. The molecule has 5 heteroatoms. The van der Waals surface area contributed by atoms with Gasteiger partial charge in [-0.2, -0.15) is 0 Å². The minimum atomic E-state index is -0.213. The minimum absolute atomic E-state index is 0.0302. The van der Waals surface area contributed by atoms with Crippen LogP contribution in [0.15, 0.2) is 24.3 Å². The number of benzene rings is 1. The average molecular weight is 330 g/mol. The number of piperidine rings is 1. The molecule has 2 heterocycles. The van der Waals surface area contributed by atoms with Gasteiger partial charge in [-0.15, -0.1) is 0 Å². The van der Waals surface area contributed by atoms with Crippen LogP contribution < -0.4 is 9.64 Å². The van der Waals surface area contributed by atoms with E-state index in [1.165, 1.54) is 6.42 Å². The number of carbonyl (C=O) groups is 2. The van der Waals surface area contributed by atoms with Crippen LogP contribution in [0.4, 0.5) is 5.69 Å². The van der Waals surface area contributed by atoms with Crippen molar-refractivity contribution in [1.29, 1.82) is 0 Å². The number of rotatable bonds is 4. The lowest BCUT2D eigenvalue weighted by Gasteiger charge is -2.33. The third kappa shape index (κ3) is 3.40. The number of hydrogen-bond donors (Lipinski definition) is 0. The van der Waals surface area contributed by atoms with Crippen molar-refractivity contribution < 1.29 is 14.3 Å². The molecule has 2 atom stereocenters. The minimum Gasteiger partial charge on any atom is -0.497 e. The van der Waals surface area contributed by atoms with Crippen LogP contribution in [0.3, 0.4) is 0 Å². The summed E-state index contributed by atoms with van der Waals surface area (Å²) < 4.78 is 5.15. The molecule has 0 aromatic heterocycles. The van der Waals surface area contributed by atoms with E-state index in [0.717, 1.165) is 37.4 Å². The highest BCUT2D eigenvalue weighted by Gasteiger charge is 2.38. The van der Waals surface area contributed by atoms with E-state index in [-0.39, 0.29) is 17.7 Å². The lowest BCUT2D eigenvalue weighted by molar-refractivity contribution is -0.137. The Bertz CT molecular complexity index is 599. The van der Waals surface area contributed by atoms with Crippen LogP contribution in [0.2, 0.25) is 0 Å². The summed E-state index contributed by atoms with van der Waals surface area (Å²) in [5.74, 6) is 1.34. The van der Waals surface area contributed by atoms with Crippen LogP contribution >= 0.6 is 0 Å². The Morgan fingerprint density at radius 3 is 2.67 bits per heavy atom. The fourth-order valence-corrected chi connectivity index (χ4v) is 3.74. The number of hydrogen-bond acceptors (Lipinski definition) is 3. The Morgan fingerprint density at radius 1 is 1.25 bits per heavy atom. The van der Waals surface area contributed by atoms with Crippen molar-refractivity contribution in [2.24, 2.45) is 11.8 Å². The second-order valence-corrected chi connectivity index (χ2v) is 6.80. The lowest BCUT2D eigenvalue weighted by Crippen LogP contribution is -2.43. The van der Waals surface area contributed by atoms with Gasteiger partial charge in [0.1, 0.15) is 5.75 Å². The summed E-state index contributed by atoms with van der Waals surface area (Å²) in [5, 5.41) is 0. The molecule has 1 aromatic rings. The Morgan fingerprint density at radius 2 is 2.00 bits per heavy atom. The number of anilines is 1. The van der Waals surface area contributed by atoms with Crippen molar-refractivity contribution in [1.82, 2.24) is 4.90 Å². The van der Waals surface area contributed by atoms with E-state index in [2.05, 4.69) is 6.92 Å². The first-order valence-corrected chi connectivity index (χ1v) is 8.85. The van der Waals surface area contributed by atoms with Crippen molar-refractivity contribution in [3.63, 3.8) is 0 Å². The lowest BCUT2D eigenvalue weighted by atomic mass is 9.94. The Hall–Kier alpha value is -2.04. The largest absolute Gasteiger partial charge is 0.497 e. The first kappa shape index (κ1) is 16.8. The molecule has 3 rings (SSSR count). The summed E-state index contributed by atoms with van der Waals surface area (Å²) >= 11 is 0. The molecule has 2 amide bonds. The summed E-state index contributed by atoms with van der Waals surface area (Å²) in [6.07, 6.45) is 3.72. The quantitative estimate of drug-likeness (QED) is 0.853. The number of carbonyl (C=O) groups excluding carboxylic acids is 2. The maximum atomic E-state index is 12.8. The van der Waals surface area contributed by atoms with Crippen molar-refractivity contribution in [2.75, 3.05) is 31.6 Å². The van der Waals surface area contributed by atoms with Gasteiger partial charge in [0.2, 0.25) is 11.8 Å². The zero-order valence-corrected chi connectivity index (χ0v) is 14.5. The molecule has 130 valence electrons. The summed E-state index contributed by atoms with van der Waals surface area (Å²) in [4.78, 5) is 28.9. The van der Waals surface area contributed by atoms with Gasteiger partial charge in [0.15, 0.2) is 0 Å². The van der Waals surface area contributed by atoms with Gasteiger partial charge in [0.05, 0.1) is 13.0 Å². The molecular formula is C19H26N2O3. The number of methoxy groups -OCH3 is 1. The summed E-state index contributed by atoms with van der Waals surface area (Å²) in [5.41, 5.74) is 0.834. The third-order valence-corrected chi connectivity index (χ3v) is 5.27. The van der Waals surface area contributed by atoms with Gasteiger partial charge in [0, 0.05) is 31.7 Å². The normalized spacial score (nSPS) is 24.3. The van der Waals surface area contributed by atoms with Crippen molar-refractivity contribution in [3.8, 4) is 5.75 Å². The number of nitrogens with zero attached hydrogens (tertiary/aromatic N) is 2. The summed E-state index contributed by atoms with van der Waals surface area (Å²) in [6, 6.07) is 7.43. The number of amides is 2. The molecule has 0 radical (unpaired) electrons. The van der Waals surface area contributed by atoms with Crippen LogP contribution in [0.1, 0.15) is 32.6 Å². The van der Waals surface area contributed by atoms with Gasteiger partial charge < -0.3 is 14.5 Å². The SMILES string of the molecule is CC[C@H]1CCCN(C(=O)[C@H]2CC(=O)N(c3ccc(OC)cc3)C2)C1. The molecule has 0 bridgehead atoms. The van der Waals surface area contributed by atoms with E-state index in [4.69, 9.17) is 4.74 Å². The first-order chi connectivity index (χ1) is 11.6. The molecule has 24 heavy (non-hydrogen) atoms. The van der Waals surface area contributed by atoms with E-state index >= 15 is 0 Å². The molecule has 0 spiro atoms. The van der Waals surface area contributed by atoms with Gasteiger partial charge in [-0.1, -0.05) is 13.3 Å². The molecule has 0 aliphatic carbocycles. The Labute approximate surface area is 143 Å².